The molecule has 0 saturated carbocycles. The third-order valence-electron chi connectivity index (χ3n) is 8.77. The lowest BCUT2D eigenvalue weighted by molar-refractivity contribution is -0.186. The van der Waals surface area contributed by atoms with Crippen LogP contribution in [-0.2, 0) is 14.2 Å². The molecule has 12 nitrogen and oxygen atoms in total. The molecule has 0 spiro atoms. The minimum atomic E-state index is -1.14. The highest BCUT2D eigenvalue weighted by Gasteiger charge is 2.49. The van der Waals surface area contributed by atoms with Gasteiger partial charge in [0.15, 0.2) is 0 Å². The molecule has 0 amide bonds. The predicted octanol–water partition coefficient (Wildman–Crippen LogP) is 3.24. The van der Waals surface area contributed by atoms with Crippen LogP contribution in [0.3, 0.4) is 0 Å². The first kappa shape index (κ1) is 31.6. The fourth-order valence-electron chi connectivity index (χ4n) is 6.20. The van der Waals surface area contributed by atoms with Crippen LogP contribution < -0.4 is 0 Å². The van der Waals surface area contributed by atoms with E-state index < -0.39 is 53.8 Å². The van der Waals surface area contributed by atoms with Crippen molar-refractivity contribution in [3.05, 3.63) is 97.3 Å². The molecule has 0 aliphatic carbocycles. The van der Waals surface area contributed by atoms with Crippen LogP contribution >= 0.6 is 11.8 Å². The maximum atomic E-state index is 11.5. The van der Waals surface area contributed by atoms with Gasteiger partial charge in [0, 0.05) is 18.2 Å². The molecule has 244 valence electrons. The summed E-state index contributed by atoms with van der Waals surface area (Å²) in [4.78, 5) is 0. The molecule has 4 heterocycles. The minimum absolute atomic E-state index is 0.266. The van der Waals surface area contributed by atoms with E-state index in [-0.39, 0.29) is 13.2 Å². The smallest absolute Gasteiger partial charge is 0.132 e. The second kappa shape index (κ2) is 14.0. The van der Waals surface area contributed by atoms with Gasteiger partial charge >= 0.3 is 0 Å². The SMILES string of the molecule is COC1C(SC2COCC(n3cc(-c4ccccc4)nn3)C2O)OC(CO)C(O)C1n1cc(-c2ccc(-c3ccccc3)cc2)nn1. The Balaban J connectivity index is 1.09. The molecular formula is C34H36N6O6S. The summed E-state index contributed by atoms with van der Waals surface area (Å²) in [5, 5.41) is 50.0. The largest absolute Gasteiger partial charge is 0.394 e. The zero-order valence-electron chi connectivity index (χ0n) is 25.6. The molecule has 13 heteroatoms. The maximum Gasteiger partial charge on any atom is 0.132 e. The van der Waals surface area contributed by atoms with Gasteiger partial charge in [0.05, 0.1) is 43.6 Å². The van der Waals surface area contributed by atoms with Gasteiger partial charge in [-0.3, -0.25) is 0 Å². The molecule has 8 unspecified atom stereocenters. The molecule has 2 fully saturated rings. The second-order valence-electron chi connectivity index (χ2n) is 11.7. The van der Waals surface area contributed by atoms with Crippen molar-refractivity contribution < 1.29 is 29.5 Å². The van der Waals surface area contributed by atoms with Crippen molar-refractivity contribution in [1.29, 1.82) is 0 Å². The minimum Gasteiger partial charge on any atom is -0.394 e. The van der Waals surface area contributed by atoms with Crippen LogP contribution in [-0.4, -0.2) is 107 Å². The van der Waals surface area contributed by atoms with E-state index in [2.05, 4.69) is 32.8 Å². The summed E-state index contributed by atoms with van der Waals surface area (Å²) >= 11 is 1.34. The van der Waals surface area contributed by atoms with Gasteiger partial charge < -0.3 is 29.5 Å². The standard InChI is InChI=1S/C34H36N6O6S/c1-44-33-30(40-17-26(36-38-40)24-14-12-22(13-15-24)21-8-4-2-5-9-21)32(43)28(18-41)46-34(33)47-29-20-45-19-27(31(29)42)39-16-25(35-37-39)23-10-6-3-7-11-23/h2-17,27-34,41-43H,18-20H2,1H3. The molecule has 0 radical (unpaired) electrons. The van der Waals surface area contributed by atoms with E-state index in [1.54, 1.807) is 21.8 Å². The fraction of sp³-hybridized carbons (Fsp3) is 0.353. The van der Waals surface area contributed by atoms with E-state index in [4.69, 9.17) is 14.2 Å². The summed E-state index contributed by atoms with van der Waals surface area (Å²) in [5.74, 6) is 0. The van der Waals surface area contributed by atoms with Crippen molar-refractivity contribution in [2.45, 2.75) is 47.2 Å². The molecule has 5 aromatic rings. The lowest BCUT2D eigenvalue weighted by atomic mass is 9.97. The Morgan fingerprint density at radius 1 is 0.766 bits per heavy atom. The van der Waals surface area contributed by atoms with Crippen LogP contribution in [0.15, 0.2) is 97.3 Å². The second-order valence-corrected chi connectivity index (χ2v) is 13.0. The number of nitrogens with zero attached hydrogens (tertiary/aromatic N) is 6. The Hall–Kier alpha value is -3.95. The number of methoxy groups -OCH3 is 1. The molecule has 2 aliphatic rings. The molecule has 7 rings (SSSR count). The molecule has 0 bridgehead atoms. The molecule has 47 heavy (non-hydrogen) atoms. The molecule has 2 saturated heterocycles. The lowest BCUT2D eigenvalue weighted by Crippen LogP contribution is -2.56. The molecule has 2 aliphatic heterocycles. The van der Waals surface area contributed by atoms with E-state index in [1.165, 1.54) is 18.9 Å². The number of aromatic nitrogens is 6. The first-order chi connectivity index (χ1) is 23.0. The number of aliphatic hydroxyl groups excluding tert-OH is 3. The number of hydrogen-bond acceptors (Lipinski definition) is 11. The van der Waals surface area contributed by atoms with Crippen LogP contribution in [0, 0.1) is 0 Å². The highest BCUT2D eigenvalue weighted by Crippen LogP contribution is 2.41. The average molecular weight is 657 g/mol. The summed E-state index contributed by atoms with van der Waals surface area (Å²) in [6.07, 6.45) is -0.0269. The number of hydrogen-bond donors (Lipinski definition) is 3. The Labute approximate surface area is 275 Å². The van der Waals surface area contributed by atoms with Crippen molar-refractivity contribution in [1.82, 2.24) is 30.0 Å². The fourth-order valence-corrected chi connectivity index (χ4v) is 7.69. The van der Waals surface area contributed by atoms with Crippen molar-refractivity contribution in [3.63, 3.8) is 0 Å². The number of thioether (sulfide) groups is 1. The molecule has 8 atom stereocenters. The van der Waals surface area contributed by atoms with Gasteiger partial charge in [0.1, 0.15) is 47.2 Å². The zero-order chi connectivity index (χ0) is 32.3. The van der Waals surface area contributed by atoms with Crippen LogP contribution in [0.4, 0.5) is 0 Å². The van der Waals surface area contributed by atoms with Gasteiger partial charge in [-0.1, -0.05) is 95.4 Å². The predicted molar refractivity (Wildman–Crippen MR) is 175 cm³/mol. The number of aliphatic hydroxyl groups is 3. The topological polar surface area (TPSA) is 150 Å². The van der Waals surface area contributed by atoms with E-state index in [0.29, 0.717) is 11.4 Å². The van der Waals surface area contributed by atoms with Crippen molar-refractivity contribution in [2.24, 2.45) is 0 Å². The van der Waals surface area contributed by atoms with Gasteiger partial charge in [-0.2, -0.15) is 0 Å². The number of benzene rings is 3. The number of rotatable bonds is 9. The Bertz CT molecular complexity index is 1740. The van der Waals surface area contributed by atoms with Crippen LogP contribution in [0.1, 0.15) is 12.1 Å². The van der Waals surface area contributed by atoms with E-state index >= 15 is 0 Å². The van der Waals surface area contributed by atoms with Gasteiger partial charge in [-0.25, -0.2) is 9.36 Å². The Morgan fingerprint density at radius 3 is 2.00 bits per heavy atom. The highest BCUT2D eigenvalue weighted by molar-refractivity contribution is 8.00. The van der Waals surface area contributed by atoms with E-state index in [0.717, 1.165) is 22.3 Å². The molecule has 3 N–H and O–H groups in total. The number of ether oxygens (including phenoxy) is 3. The van der Waals surface area contributed by atoms with Crippen LogP contribution in [0.2, 0.25) is 0 Å². The first-order valence-corrected chi connectivity index (χ1v) is 16.4. The summed E-state index contributed by atoms with van der Waals surface area (Å²) in [7, 11) is 1.54. The van der Waals surface area contributed by atoms with Gasteiger partial charge in [-0.15, -0.1) is 22.0 Å². The maximum absolute atomic E-state index is 11.5. The Morgan fingerprint density at radius 2 is 1.34 bits per heavy atom. The monoisotopic (exact) mass is 656 g/mol. The van der Waals surface area contributed by atoms with Crippen molar-refractivity contribution in [3.8, 4) is 33.6 Å². The summed E-state index contributed by atoms with van der Waals surface area (Å²) in [6, 6.07) is 26.7. The zero-order valence-corrected chi connectivity index (χ0v) is 26.5. The third kappa shape index (κ3) is 6.48. The van der Waals surface area contributed by atoms with Crippen molar-refractivity contribution in [2.75, 3.05) is 26.9 Å². The normalized spacial score (nSPS) is 27.9. The van der Waals surface area contributed by atoms with Crippen molar-refractivity contribution >= 4 is 11.8 Å². The lowest BCUT2D eigenvalue weighted by Gasteiger charge is -2.45. The van der Waals surface area contributed by atoms with Gasteiger partial charge in [0.25, 0.3) is 0 Å². The molecular weight excluding hydrogens is 620 g/mol. The third-order valence-corrected chi connectivity index (χ3v) is 10.2. The summed E-state index contributed by atoms with van der Waals surface area (Å²) in [6.45, 7) is 0.118. The summed E-state index contributed by atoms with van der Waals surface area (Å²) < 4.78 is 21.3. The van der Waals surface area contributed by atoms with Gasteiger partial charge in [-0.05, 0) is 11.1 Å². The van der Waals surface area contributed by atoms with Crippen LogP contribution in [0.25, 0.3) is 33.6 Å². The van der Waals surface area contributed by atoms with E-state index in [1.807, 2.05) is 72.8 Å². The van der Waals surface area contributed by atoms with E-state index in [9.17, 15) is 15.3 Å². The molecule has 2 aromatic heterocycles. The quantitative estimate of drug-likeness (QED) is 0.215. The van der Waals surface area contributed by atoms with Gasteiger partial charge in [0.2, 0.25) is 0 Å². The highest BCUT2D eigenvalue weighted by atomic mass is 32.2. The molecule has 3 aromatic carbocycles. The average Bonchev–Trinajstić information content (AvgIpc) is 3.82. The summed E-state index contributed by atoms with van der Waals surface area (Å²) in [5.41, 5.74) is 4.65. The Kier molecular flexibility index (Phi) is 9.45. The van der Waals surface area contributed by atoms with Crippen LogP contribution in [0.5, 0.6) is 0 Å². The first-order valence-electron chi connectivity index (χ1n) is 15.5.